The molecule has 0 bridgehead atoms. The van der Waals surface area contributed by atoms with E-state index in [1.54, 1.807) is 37.7 Å². The van der Waals surface area contributed by atoms with Gasteiger partial charge < -0.3 is 4.74 Å². The topological polar surface area (TPSA) is 43.4 Å². The van der Waals surface area contributed by atoms with Gasteiger partial charge in [0.15, 0.2) is 5.78 Å². The minimum atomic E-state index is -1.14. The highest BCUT2D eigenvalue weighted by Gasteiger charge is 2.37. The number of Topliss-reactive ketones (excluding diaryl/α,β-unsaturated/α-hetero) is 1. The number of carbonyl (C=O) groups excluding carboxylic acids is 2. The van der Waals surface area contributed by atoms with E-state index in [4.69, 9.17) is 0 Å². The predicted molar refractivity (Wildman–Crippen MR) is 73.0 cm³/mol. The van der Waals surface area contributed by atoms with Crippen LogP contribution < -0.4 is 0 Å². The zero-order valence-electron chi connectivity index (χ0n) is 11.1. The van der Waals surface area contributed by atoms with E-state index < -0.39 is 11.4 Å². The summed E-state index contributed by atoms with van der Waals surface area (Å²) in [5.74, 6) is 0.253. The molecule has 0 aliphatic carbocycles. The predicted octanol–water partition coefficient (Wildman–Crippen LogP) is 3.18. The van der Waals surface area contributed by atoms with Gasteiger partial charge in [-0.1, -0.05) is 19.1 Å². The molecule has 4 heteroatoms. The Kier molecular flexibility index (Phi) is 4.96. The van der Waals surface area contributed by atoms with Crippen molar-refractivity contribution in [3.05, 3.63) is 29.8 Å². The Morgan fingerprint density at radius 1 is 1.22 bits per heavy atom. The number of methoxy groups -OCH3 is 1. The van der Waals surface area contributed by atoms with E-state index in [-0.39, 0.29) is 5.78 Å². The summed E-state index contributed by atoms with van der Waals surface area (Å²) in [6, 6.07) is 7.31. The van der Waals surface area contributed by atoms with Crippen molar-refractivity contribution in [3.63, 3.8) is 0 Å². The van der Waals surface area contributed by atoms with Crippen LogP contribution in [0.4, 0.5) is 0 Å². The van der Waals surface area contributed by atoms with Crippen LogP contribution in [0.5, 0.6) is 0 Å². The highest BCUT2D eigenvalue weighted by Crippen LogP contribution is 2.25. The van der Waals surface area contributed by atoms with Gasteiger partial charge in [0.25, 0.3) is 0 Å². The zero-order chi connectivity index (χ0) is 13.8. The lowest BCUT2D eigenvalue weighted by atomic mass is 9.84. The molecule has 0 aliphatic rings. The molecular weight excluding hydrogens is 248 g/mol. The average Bonchev–Trinajstić information content (AvgIpc) is 2.38. The first-order valence-corrected chi connectivity index (χ1v) is 6.78. The molecule has 18 heavy (non-hydrogen) atoms. The fourth-order valence-electron chi connectivity index (χ4n) is 1.58. The summed E-state index contributed by atoms with van der Waals surface area (Å²) < 4.78 is 4.66. The molecule has 0 atom stereocenters. The van der Waals surface area contributed by atoms with E-state index in [0.717, 1.165) is 10.6 Å². The van der Waals surface area contributed by atoms with Crippen LogP contribution in [0.1, 0.15) is 31.1 Å². The lowest BCUT2D eigenvalue weighted by molar-refractivity contribution is -0.147. The molecule has 0 spiro atoms. The van der Waals surface area contributed by atoms with Crippen molar-refractivity contribution in [1.82, 2.24) is 0 Å². The van der Waals surface area contributed by atoms with Crippen LogP contribution in [-0.2, 0) is 9.53 Å². The number of ether oxygens (including phenoxy) is 1. The molecule has 98 valence electrons. The fourth-order valence-corrected chi connectivity index (χ4v) is 2.24. The standard InChI is InChI=1S/C14H18O3S/c1-5-18-11-8-6-10(7-9-11)12(15)14(2,3)13(16)17-4/h6-9H,5H2,1-4H3. The van der Waals surface area contributed by atoms with Crippen molar-refractivity contribution in [2.75, 3.05) is 12.9 Å². The summed E-state index contributed by atoms with van der Waals surface area (Å²) in [7, 11) is 1.29. The third-order valence-corrected chi connectivity index (χ3v) is 3.59. The van der Waals surface area contributed by atoms with Crippen molar-refractivity contribution < 1.29 is 14.3 Å². The minimum absolute atomic E-state index is 0.220. The molecule has 0 aliphatic heterocycles. The van der Waals surface area contributed by atoms with Gasteiger partial charge in [-0.25, -0.2) is 0 Å². The highest BCUT2D eigenvalue weighted by atomic mass is 32.2. The first kappa shape index (κ1) is 14.8. The monoisotopic (exact) mass is 266 g/mol. The molecule has 1 aromatic rings. The Morgan fingerprint density at radius 3 is 2.22 bits per heavy atom. The van der Waals surface area contributed by atoms with Crippen molar-refractivity contribution in [3.8, 4) is 0 Å². The average molecular weight is 266 g/mol. The molecule has 3 nitrogen and oxygen atoms in total. The van der Waals surface area contributed by atoms with Crippen LogP contribution in [-0.4, -0.2) is 24.6 Å². The van der Waals surface area contributed by atoms with Gasteiger partial charge in [-0.15, -0.1) is 11.8 Å². The summed E-state index contributed by atoms with van der Waals surface area (Å²) in [6.45, 7) is 5.23. The minimum Gasteiger partial charge on any atom is -0.468 e. The van der Waals surface area contributed by atoms with Gasteiger partial charge in [-0.2, -0.15) is 0 Å². The van der Waals surface area contributed by atoms with Crippen molar-refractivity contribution >= 4 is 23.5 Å². The molecule has 0 amide bonds. The van der Waals surface area contributed by atoms with Crippen LogP contribution in [0.15, 0.2) is 29.2 Å². The Morgan fingerprint density at radius 2 is 1.78 bits per heavy atom. The number of thioether (sulfide) groups is 1. The quantitative estimate of drug-likeness (QED) is 0.355. The number of hydrogen-bond acceptors (Lipinski definition) is 4. The van der Waals surface area contributed by atoms with Crippen molar-refractivity contribution in [2.24, 2.45) is 5.41 Å². The van der Waals surface area contributed by atoms with E-state index in [9.17, 15) is 9.59 Å². The number of benzene rings is 1. The Balaban J connectivity index is 2.93. The number of ketones is 1. The van der Waals surface area contributed by atoms with Crippen LogP contribution in [0.3, 0.4) is 0 Å². The van der Waals surface area contributed by atoms with Gasteiger partial charge in [-0.05, 0) is 31.7 Å². The number of carbonyl (C=O) groups is 2. The van der Waals surface area contributed by atoms with Crippen molar-refractivity contribution in [1.29, 1.82) is 0 Å². The molecule has 0 saturated heterocycles. The SMILES string of the molecule is CCSc1ccc(C(=O)C(C)(C)C(=O)OC)cc1. The first-order valence-electron chi connectivity index (χ1n) is 5.79. The Hall–Kier alpha value is -1.29. The normalized spacial score (nSPS) is 11.1. The molecule has 0 heterocycles. The molecule has 0 aromatic heterocycles. The molecule has 1 rings (SSSR count). The fraction of sp³-hybridized carbons (Fsp3) is 0.429. The van der Waals surface area contributed by atoms with Crippen LogP contribution in [0.2, 0.25) is 0 Å². The van der Waals surface area contributed by atoms with E-state index in [1.807, 2.05) is 12.1 Å². The summed E-state index contributed by atoms with van der Waals surface area (Å²) in [4.78, 5) is 24.9. The second kappa shape index (κ2) is 6.05. The van der Waals surface area contributed by atoms with E-state index >= 15 is 0 Å². The van der Waals surface area contributed by atoms with Crippen LogP contribution in [0, 0.1) is 5.41 Å². The number of rotatable bonds is 5. The summed E-state index contributed by atoms with van der Waals surface area (Å²) in [6.07, 6.45) is 0. The van der Waals surface area contributed by atoms with Gasteiger partial charge in [-0.3, -0.25) is 9.59 Å². The molecule has 0 unspecified atom stereocenters. The second-order valence-electron chi connectivity index (χ2n) is 4.40. The lowest BCUT2D eigenvalue weighted by Crippen LogP contribution is -2.34. The van der Waals surface area contributed by atoms with E-state index in [2.05, 4.69) is 11.7 Å². The third-order valence-electron chi connectivity index (χ3n) is 2.69. The van der Waals surface area contributed by atoms with Crippen molar-refractivity contribution in [2.45, 2.75) is 25.7 Å². The highest BCUT2D eigenvalue weighted by molar-refractivity contribution is 7.99. The maximum Gasteiger partial charge on any atom is 0.319 e. The molecule has 0 radical (unpaired) electrons. The number of esters is 1. The number of hydrogen-bond donors (Lipinski definition) is 0. The Labute approximate surface area is 112 Å². The van der Waals surface area contributed by atoms with Crippen LogP contribution in [0.25, 0.3) is 0 Å². The largest absolute Gasteiger partial charge is 0.468 e. The molecule has 0 N–H and O–H groups in total. The second-order valence-corrected chi connectivity index (χ2v) is 5.74. The summed E-state index contributed by atoms with van der Waals surface area (Å²) in [5, 5.41) is 0. The molecular formula is C14H18O3S. The van der Waals surface area contributed by atoms with Gasteiger partial charge in [0.05, 0.1) is 7.11 Å². The summed E-state index contributed by atoms with van der Waals surface area (Å²) in [5.41, 5.74) is -0.611. The maximum absolute atomic E-state index is 12.2. The maximum atomic E-state index is 12.2. The van der Waals surface area contributed by atoms with Gasteiger partial charge in [0.1, 0.15) is 5.41 Å². The summed E-state index contributed by atoms with van der Waals surface area (Å²) >= 11 is 1.71. The molecule has 0 saturated carbocycles. The smallest absolute Gasteiger partial charge is 0.319 e. The van der Waals surface area contributed by atoms with Gasteiger partial charge >= 0.3 is 5.97 Å². The van der Waals surface area contributed by atoms with E-state index in [1.165, 1.54) is 7.11 Å². The lowest BCUT2D eigenvalue weighted by Gasteiger charge is -2.19. The molecule has 1 aromatic carbocycles. The third kappa shape index (κ3) is 3.13. The van der Waals surface area contributed by atoms with Crippen LogP contribution >= 0.6 is 11.8 Å². The van der Waals surface area contributed by atoms with Gasteiger partial charge in [0, 0.05) is 10.5 Å². The first-order chi connectivity index (χ1) is 8.43. The Bertz CT molecular complexity index is 435. The molecule has 0 fully saturated rings. The van der Waals surface area contributed by atoms with Gasteiger partial charge in [0.2, 0.25) is 0 Å². The zero-order valence-corrected chi connectivity index (χ0v) is 12.0. The van der Waals surface area contributed by atoms with E-state index in [0.29, 0.717) is 5.56 Å².